The monoisotopic (exact) mass is 273 g/mol. The van der Waals surface area contributed by atoms with E-state index in [0.29, 0.717) is 6.04 Å². The summed E-state index contributed by atoms with van der Waals surface area (Å²) < 4.78 is 0. The zero-order valence-electron chi connectivity index (χ0n) is 12.7. The second kappa shape index (κ2) is 7.93. The molecule has 1 aromatic carbocycles. The molecule has 3 heteroatoms. The van der Waals surface area contributed by atoms with Crippen molar-refractivity contribution in [1.29, 1.82) is 0 Å². The molecule has 110 valence electrons. The summed E-state index contributed by atoms with van der Waals surface area (Å²) in [5.41, 5.74) is 1.45. The number of unbranched alkanes of at least 4 members (excludes halogenated alkanes) is 2. The molecule has 2 N–H and O–H groups in total. The maximum atomic E-state index is 4.26. The smallest absolute Gasteiger partial charge is 0.191 e. The first kappa shape index (κ1) is 14.9. The van der Waals surface area contributed by atoms with Crippen LogP contribution in [0.15, 0.2) is 35.3 Å². The van der Waals surface area contributed by atoms with Crippen LogP contribution in [-0.4, -0.2) is 25.6 Å². The van der Waals surface area contributed by atoms with Crippen molar-refractivity contribution in [3.05, 3.63) is 35.9 Å². The lowest BCUT2D eigenvalue weighted by atomic mass is 10.1. The molecule has 0 heterocycles. The summed E-state index contributed by atoms with van der Waals surface area (Å²) in [6, 6.07) is 11.4. The van der Waals surface area contributed by atoms with Gasteiger partial charge in [0.15, 0.2) is 5.96 Å². The van der Waals surface area contributed by atoms with E-state index in [9.17, 15) is 0 Å². The predicted octanol–water partition coefficient (Wildman–Crippen LogP) is 2.97. The molecule has 0 spiro atoms. The van der Waals surface area contributed by atoms with Crippen LogP contribution in [0.3, 0.4) is 0 Å². The Morgan fingerprint density at radius 1 is 1.20 bits per heavy atom. The molecule has 20 heavy (non-hydrogen) atoms. The number of nitrogens with one attached hydrogen (secondary N) is 2. The largest absolute Gasteiger partial charge is 0.356 e. The molecule has 1 saturated carbocycles. The highest BCUT2D eigenvalue weighted by Gasteiger charge is 2.32. The fraction of sp³-hybridized carbons (Fsp3) is 0.588. The Hall–Kier alpha value is -1.51. The Kier molecular flexibility index (Phi) is 5.90. The molecule has 1 aliphatic carbocycles. The van der Waals surface area contributed by atoms with Crippen LogP contribution < -0.4 is 10.6 Å². The van der Waals surface area contributed by atoms with Gasteiger partial charge in [0.25, 0.3) is 0 Å². The highest BCUT2D eigenvalue weighted by Crippen LogP contribution is 2.28. The minimum absolute atomic E-state index is 0.638. The average Bonchev–Trinajstić information content (AvgIpc) is 3.17. The summed E-state index contributed by atoms with van der Waals surface area (Å²) in [5.74, 6) is 1.77. The molecule has 1 aliphatic rings. The van der Waals surface area contributed by atoms with E-state index in [0.717, 1.165) is 18.4 Å². The van der Waals surface area contributed by atoms with Crippen LogP contribution in [0.1, 0.15) is 38.2 Å². The van der Waals surface area contributed by atoms with Crippen molar-refractivity contribution in [2.75, 3.05) is 13.6 Å². The fourth-order valence-electron chi connectivity index (χ4n) is 2.38. The number of nitrogens with zero attached hydrogens (tertiary/aromatic N) is 1. The molecule has 0 radical (unpaired) electrons. The summed E-state index contributed by atoms with van der Waals surface area (Å²) in [6.45, 7) is 3.28. The summed E-state index contributed by atoms with van der Waals surface area (Å²) in [4.78, 5) is 4.26. The Morgan fingerprint density at radius 3 is 2.60 bits per heavy atom. The fourth-order valence-corrected chi connectivity index (χ4v) is 2.38. The van der Waals surface area contributed by atoms with Gasteiger partial charge in [0.1, 0.15) is 0 Å². The standard InChI is InChI=1S/C17H27N3/c1-14-13-16(14)20-17(18-2)19-12-8-4-7-11-15-9-5-3-6-10-15/h3,5-6,9-10,14,16H,4,7-8,11-13H2,1-2H3,(H2,18,19,20). The lowest BCUT2D eigenvalue weighted by molar-refractivity contribution is 0.653. The van der Waals surface area contributed by atoms with E-state index < -0.39 is 0 Å². The first-order chi connectivity index (χ1) is 9.79. The van der Waals surface area contributed by atoms with Gasteiger partial charge in [-0.2, -0.15) is 0 Å². The Bertz CT molecular complexity index is 414. The number of hydrogen-bond acceptors (Lipinski definition) is 1. The minimum Gasteiger partial charge on any atom is -0.356 e. The molecule has 0 saturated heterocycles. The van der Waals surface area contributed by atoms with Crippen LogP contribution >= 0.6 is 0 Å². The highest BCUT2D eigenvalue weighted by molar-refractivity contribution is 5.80. The molecule has 2 rings (SSSR count). The van der Waals surface area contributed by atoms with Crippen LogP contribution in [0, 0.1) is 5.92 Å². The first-order valence-electron chi connectivity index (χ1n) is 7.80. The Labute approximate surface area is 122 Å². The van der Waals surface area contributed by atoms with Crippen molar-refractivity contribution in [3.8, 4) is 0 Å². The van der Waals surface area contributed by atoms with Crippen LogP contribution in [-0.2, 0) is 6.42 Å². The predicted molar refractivity (Wildman–Crippen MR) is 86.1 cm³/mol. The lowest BCUT2D eigenvalue weighted by Gasteiger charge is -2.11. The van der Waals surface area contributed by atoms with Crippen molar-refractivity contribution in [2.24, 2.45) is 10.9 Å². The van der Waals surface area contributed by atoms with E-state index in [1.807, 2.05) is 7.05 Å². The third-order valence-corrected chi connectivity index (χ3v) is 3.93. The normalized spacial score (nSPS) is 21.6. The van der Waals surface area contributed by atoms with E-state index in [1.165, 1.54) is 37.7 Å². The third-order valence-electron chi connectivity index (χ3n) is 3.93. The van der Waals surface area contributed by atoms with Crippen molar-refractivity contribution >= 4 is 5.96 Å². The molecule has 1 fully saturated rings. The number of guanidine groups is 1. The summed E-state index contributed by atoms with van der Waals surface area (Å²) in [6.07, 6.45) is 6.19. The van der Waals surface area contributed by atoms with Gasteiger partial charge in [-0.3, -0.25) is 4.99 Å². The van der Waals surface area contributed by atoms with Gasteiger partial charge in [-0.05, 0) is 37.2 Å². The Morgan fingerprint density at radius 2 is 1.95 bits per heavy atom. The van der Waals surface area contributed by atoms with E-state index in [4.69, 9.17) is 0 Å². The van der Waals surface area contributed by atoms with Crippen LogP contribution in [0.25, 0.3) is 0 Å². The zero-order chi connectivity index (χ0) is 14.2. The molecule has 0 aromatic heterocycles. The zero-order valence-corrected chi connectivity index (χ0v) is 12.7. The topological polar surface area (TPSA) is 36.4 Å². The van der Waals surface area contributed by atoms with Gasteiger partial charge < -0.3 is 10.6 Å². The van der Waals surface area contributed by atoms with Crippen LogP contribution in [0.2, 0.25) is 0 Å². The number of aliphatic imine (C=N–C) groups is 1. The van der Waals surface area contributed by atoms with Crippen LogP contribution in [0.4, 0.5) is 0 Å². The van der Waals surface area contributed by atoms with Gasteiger partial charge in [-0.1, -0.05) is 43.7 Å². The second-order valence-electron chi connectivity index (χ2n) is 5.76. The first-order valence-corrected chi connectivity index (χ1v) is 7.80. The highest BCUT2D eigenvalue weighted by atomic mass is 15.2. The quantitative estimate of drug-likeness (QED) is 0.455. The van der Waals surface area contributed by atoms with Crippen LogP contribution in [0.5, 0.6) is 0 Å². The second-order valence-corrected chi connectivity index (χ2v) is 5.76. The number of hydrogen-bond donors (Lipinski definition) is 2. The molecule has 0 aliphatic heterocycles. The summed E-state index contributed by atoms with van der Waals surface area (Å²) in [7, 11) is 1.85. The summed E-state index contributed by atoms with van der Waals surface area (Å²) in [5, 5.41) is 6.84. The maximum Gasteiger partial charge on any atom is 0.191 e. The molecule has 2 atom stereocenters. The molecular formula is C17H27N3. The van der Waals surface area contributed by atoms with Gasteiger partial charge in [-0.15, -0.1) is 0 Å². The van der Waals surface area contributed by atoms with Gasteiger partial charge in [0.05, 0.1) is 0 Å². The van der Waals surface area contributed by atoms with Gasteiger partial charge in [0, 0.05) is 19.6 Å². The van der Waals surface area contributed by atoms with Crippen molar-refractivity contribution in [1.82, 2.24) is 10.6 Å². The number of benzene rings is 1. The van der Waals surface area contributed by atoms with Crippen molar-refractivity contribution in [2.45, 2.75) is 45.1 Å². The molecular weight excluding hydrogens is 246 g/mol. The van der Waals surface area contributed by atoms with E-state index in [1.54, 1.807) is 0 Å². The minimum atomic E-state index is 0.638. The van der Waals surface area contributed by atoms with E-state index in [2.05, 4.69) is 52.9 Å². The third kappa shape index (κ3) is 5.24. The number of rotatable bonds is 7. The maximum absolute atomic E-state index is 4.26. The summed E-state index contributed by atoms with van der Waals surface area (Å²) >= 11 is 0. The average molecular weight is 273 g/mol. The molecule has 2 unspecified atom stereocenters. The van der Waals surface area contributed by atoms with Gasteiger partial charge in [-0.25, -0.2) is 0 Å². The van der Waals surface area contributed by atoms with Crippen molar-refractivity contribution < 1.29 is 0 Å². The number of aryl methyl sites for hydroxylation is 1. The molecule has 1 aromatic rings. The SMILES string of the molecule is CN=C(NCCCCCc1ccccc1)NC1CC1C. The Balaban J connectivity index is 1.50. The van der Waals surface area contributed by atoms with Gasteiger partial charge in [0.2, 0.25) is 0 Å². The molecule has 3 nitrogen and oxygen atoms in total. The lowest BCUT2D eigenvalue weighted by Crippen LogP contribution is -2.39. The van der Waals surface area contributed by atoms with Crippen molar-refractivity contribution in [3.63, 3.8) is 0 Å². The van der Waals surface area contributed by atoms with E-state index in [-0.39, 0.29) is 0 Å². The van der Waals surface area contributed by atoms with Gasteiger partial charge >= 0.3 is 0 Å². The molecule has 0 bridgehead atoms. The van der Waals surface area contributed by atoms with E-state index >= 15 is 0 Å². The molecule has 0 amide bonds.